The molecule has 4 N–H and O–H groups in total. The summed E-state index contributed by atoms with van der Waals surface area (Å²) in [6, 6.07) is 4.95. The number of anilines is 1. The summed E-state index contributed by atoms with van der Waals surface area (Å²) in [4.78, 5) is 13.1. The maximum atomic E-state index is 11.1. The molecule has 0 spiro atoms. The van der Waals surface area contributed by atoms with Crippen LogP contribution < -0.4 is 16.2 Å². The topological polar surface area (TPSA) is 81.6 Å². The second kappa shape index (κ2) is 5.37. The van der Waals surface area contributed by atoms with Gasteiger partial charge in [0.2, 0.25) is 0 Å². The molecule has 0 heterocycles. The summed E-state index contributed by atoms with van der Waals surface area (Å²) in [6.45, 7) is 1.20. The molecule has 0 saturated heterocycles. The summed E-state index contributed by atoms with van der Waals surface area (Å²) < 4.78 is 5.47. The molecular formula is C11H17N3O2. The predicted octanol–water partition coefficient (Wildman–Crippen LogP) is 0.308. The molecule has 0 bridgehead atoms. The summed E-state index contributed by atoms with van der Waals surface area (Å²) in [5.41, 5.74) is 11.7. The highest BCUT2D eigenvalue weighted by Gasteiger charge is 2.12. The fraction of sp³-hybridized carbons (Fsp3) is 0.364. The van der Waals surface area contributed by atoms with E-state index in [1.54, 1.807) is 18.2 Å². The van der Waals surface area contributed by atoms with Crippen molar-refractivity contribution in [1.82, 2.24) is 4.90 Å². The molecule has 88 valence electrons. The number of nitrogens with two attached hydrogens (primary N) is 2. The van der Waals surface area contributed by atoms with E-state index in [0.29, 0.717) is 23.6 Å². The van der Waals surface area contributed by atoms with E-state index in [0.717, 1.165) is 6.54 Å². The highest BCUT2D eigenvalue weighted by Crippen LogP contribution is 2.25. The van der Waals surface area contributed by atoms with Gasteiger partial charge in [0.1, 0.15) is 6.61 Å². The molecule has 0 fully saturated rings. The van der Waals surface area contributed by atoms with Crippen LogP contribution in [0, 0.1) is 0 Å². The molecule has 0 unspecified atom stereocenters. The average molecular weight is 223 g/mol. The van der Waals surface area contributed by atoms with Crippen LogP contribution in [-0.2, 0) is 0 Å². The Morgan fingerprint density at radius 3 is 2.69 bits per heavy atom. The largest absolute Gasteiger partial charge is 0.489 e. The van der Waals surface area contributed by atoms with Crippen LogP contribution in [0.15, 0.2) is 18.2 Å². The molecule has 1 rings (SSSR count). The molecule has 0 aliphatic heterocycles. The Labute approximate surface area is 95.0 Å². The van der Waals surface area contributed by atoms with Crippen molar-refractivity contribution in [2.24, 2.45) is 5.73 Å². The lowest BCUT2D eigenvalue weighted by molar-refractivity contribution is 0.0996. The van der Waals surface area contributed by atoms with E-state index < -0.39 is 5.91 Å². The first-order chi connectivity index (χ1) is 7.52. The van der Waals surface area contributed by atoms with Crippen LogP contribution in [0.2, 0.25) is 0 Å². The third kappa shape index (κ3) is 3.13. The van der Waals surface area contributed by atoms with Gasteiger partial charge in [0.05, 0.1) is 11.3 Å². The van der Waals surface area contributed by atoms with Crippen molar-refractivity contribution >= 4 is 11.6 Å². The minimum absolute atomic E-state index is 0.318. The normalized spacial score (nSPS) is 10.4. The molecule has 0 saturated carbocycles. The zero-order chi connectivity index (χ0) is 12.1. The molecule has 1 aromatic carbocycles. The lowest BCUT2D eigenvalue weighted by Crippen LogP contribution is -2.21. The number of hydrogen-bond donors (Lipinski definition) is 2. The summed E-state index contributed by atoms with van der Waals surface area (Å²) in [5.74, 6) is -0.163. The van der Waals surface area contributed by atoms with Crippen LogP contribution in [0.25, 0.3) is 0 Å². The summed E-state index contributed by atoms with van der Waals surface area (Å²) >= 11 is 0. The number of amides is 1. The number of para-hydroxylation sites is 1. The Bertz CT molecular complexity index is 377. The minimum Gasteiger partial charge on any atom is -0.489 e. The van der Waals surface area contributed by atoms with Crippen molar-refractivity contribution < 1.29 is 9.53 Å². The average Bonchev–Trinajstić information content (AvgIpc) is 2.19. The molecule has 0 aromatic heterocycles. The monoisotopic (exact) mass is 223 g/mol. The van der Waals surface area contributed by atoms with Gasteiger partial charge < -0.3 is 21.1 Å². The number of hydrogen-bond acceptors (Lipinski definition) is 4. The van der Waals surface area contributed by atoms with Crippen molar-refractivity contribution in [2.45, 2.75) is 0 Å². The van der Waals surface area contributed by atoms with Crippen LogP contribution in [0.4, 0.5) is 5.69 Å². The zero-order valence-corrected chi connectivity index (χ0v) is 9.56. The molecule has 0 aliphatic carbocycles. The number of nitrogen functional groups attached to an aromatic ring is 1. The first-order valence-corrected chi connectivity index (χ1v) is 4.98. The van der Waals surface area contributed by atoms with E-state index in [2.05, 4.69) is 0 Å². The van der Waals surface area contributed by atoms with Crippen molar-refractivity contribution in [3.8, 4) is 5.75 Å². The number of benzene rings is 1. The van der Waals surface area contributed by atoms with Crippen LogP contribution in [0.3, 0.4) is 0 Å². The van der Waals surface area contributed by atoms with Gasteiger partial charge in [-0.1, -0.05) is 6.07 Å². The Hall–Kier alpha value is -1.75. The fourth-order valence-electron chi connectivity index (χ4n) is 1.24. The van der Waals surface area contributed by atoms with Gasteiger partial charge in [-0.05, 0) is 26.2 Å². The molecule has 0 radical (unpaired) electrons. The third-order valence-corrected chi connectivity index (χ3v) is 2.10. The molecule has 0 atom stereocenters. The van der Waals surface area contributed by atoms with E-state index in [4.69, 9.17) is 16.2 Å². The Morgan fingerprint density at radius 2 is 2.12 bits per heavy atom. The number of primary amides is 1. The SMILES string of the molecule is CN(C)CCOc1c(N)cccc1C(N)=O. The molecular weight excluding hydrogens is 206 g/mol. The van der Waals surface area contributed by atoms with E-state index in [1.807, 2.05) is 19.0 Å². The lowest BCUT2D eigenvalue weighted by atomic mass is 10.1. The highest BCUT2D eigenvalue weighted by molar-refractivity contribution is 5.97. The minimum atomic E-state index is -0.535. The van der Waals surface area contributed by atoms with Gasteiger partial charge in [0, 0.05) is 6.54 Å². The van der Waals surface area contributed by atoms with Crippen molar-refractivity contribution in [2.75, 3.05) is 33.0 Å². The van der Waals surface area contributed by atoms with E-state index >= 15 is 0 Å². The number of ether oxygens (including phenoxy) is 1. The maximum absolute atomic E-state index is 11.1. The smallest absolute Gasteiger partial charge is 0.252 e. The van der Waals surface area contributed by atoms with Crippen LogP contribution in [0.1, 0.15) is 10.4 Å². The molecule has 1 amide bonds. The van der Waals surface area contributed by atoms with Gasteiger partial charge >= 0.3 is 0 Å². The lowest BCUT2D eigenvalue weighted by Gasteiger charge is -2.14. The van der Waals surface area contributed by atoms with Gasteiger partial charge in [-0.2, -0.15) is 0 Å². The molecule has 1 aromatic rings. The number of likely N-dealkylation sites (N-methyl/N-ethyl adjacent to an activating group) is 1. The second-order valence-electron chi connectivity index (χ2n) is 3.74. The quantitative estimate of drug-likeness (QED) is 0.704. The van der Waals surface area contributed by atoms with E-state index in [-0.39, 0.29) is 0 Å². The third-order valence-electron chi connectivity index (χ3n) is 2.10. The Kier molecular flexibility index (Phi) is 4.13. The second-order valence-corrected chi connectivity index (χ2v) is 3.74. The summed E-state index contributed by atoms with van der Waals surface area (Å²) in [6.07, 6.45) is 0. The van der Waals surface area contributed by atoms with Gasteiger partial charge in [-0.3, -0.25) is 4.79 Å². The predicted molar refractivity (Wildman–Crippen MR) is 63.4 cm³/mol. The van der Waals surface area contributed by atoms with Crippen molar-refractivity contribution in [1.29, 1.82) is 0 Å². The summed E-state index contributed by atoms with van der Waals surface area (Å²) in [5, 5.41) is 0. The van der Waals surface area contributed by atoms with Crippen molar-refractivity contribution in [3.05, 3.63) is 23.8 Å². The zero-order valence-electron chi connectivity index (χ0n) is 9.56. The van der Waals surface area contributed by atoms with Gasteiger partial charge in [0.25, 0.3) is 5.91 Å². The Morgan fingerprint density at radius 1 is 1.44 bits per heavy atom. The number of carbonyl (C=O) groups excluding carboxylic acids is 1. The number of carbonyl (C=O) groups is 1. The standard InChI is InChI=1S/C11H17N3O2/c1-14(2)6-7-16-10-8(11(13)15)4-3-5-9(10)12/h3-5H,6-7,12H2,1-2H3,(H2,13,15). The molecule has 5 heteroatoms. The number of rotatable bonds is 5. The first kappa shape index (κ1) is 12.3. The Balaban J connectivity index is 2.80. The molecule has 5 nitrogen and oxygen atoms in total. The molecule has 0 aliphatic rings. The first-order valence-electron chi connectivity index (χ1n) is 4.98. The number of nitrogens with zero attached hydrogens (tertiary/aromatic N) is 1. The van der Waals surface area contributed by atoms with Crippen LogP contribution in [-0.4, -0.2) is 38.1 Å². The van der Waals surface area contributed by atoms with E-state index in [1.165, 1.54) is 0 Å². The van der Waals surface area contributed by atoms with Gasteiger partial charge in [-0.25, -0.2) is 0 Å². The summed E-state index contributed by atoms with van der Waals surface area (Å²) in [7, 11) is 3.87. The molecule has 16 heavy (non-hydrogen) atoms. The van der Waals surface area contributed by atoms with Crippen LogP contribution in [0.5, 0.6) is 5.75 Å². The van der Waals surface area contributed by atoms with E-state index in [9.17, 15) is 4.79 Å². The fourth-order valence-corrected chi connectivity index (χ4v) is 1.24. The van der Waals surface area contributed by atoms with Gasteiger partial charge in [0.15, 0.2) is 5.75 Å². The van der Waals surface area contributed by atoms with Gasteiger partial charge in [-0.15, -0.1) is 0 Å². The highest BCUT2D eigenvalue weighted by atomic mass is 16.5. The maximum Gasteiger partial charge on any atom is 0.252 e. The van der Waals surface area contributed by atoms with Crippen LogP contribution >= 0.6 is 0 Å². The van der Waals surface area contributed by atoms with Crippen molar-refractivity contribution in [3.63, 3.8) is 0 Å².